The van der Waals surface area contributed by atoms with Crippen LogP contribution in [0.4, 0.5) is 0 Å². The van der Waals surface area contributed by atoms with Crippen LogP contribution in [0, 0.1) is 11.8 Å². The van der Waals surface area contributed by atoms with E-state index >= 15 is 0 Å². The van der Waals surface area contributed by atoms with E-state index in [0.717, 1.165) is 19.3 Å². The van der Waals surface area contributed by atoms with Crippen molar-refractivity contribution in [3.05, 3.63) is 35.9 Å². The quantitative estimate of drug-likeness (QED) is 0.632. The number of carbonyl (C=O) groups excluding carboxylic acids is 2. The second kappa shape index (κ2) is 7.86. The van der Waals surface area contributed by atoms with E-state index in [-0.39, 0.29) is 6.10 Å². The third-order valence-electron chi connectivity index (χ3n) is 5.33. The highest BCUT2D eigenvalue weighted by Gasteiger charge is 2.42. The SMILES string of the molecule is N[C@@H](CC(=O)O)C(=O)N[C@@H](C(=O)O[C@@H]1C[C@H]2CCC1C2)c1ccccc1. The number of fused-ring (bicyclic) bond motifs is 2. The van der Waals surface area contributed by atoms with Gasteiger partial charge in [0.25, 0.3) is 0 Å². The van der Waals surface area contributed by atoms with Crippen molar-refractivity contribution in [2.45, 2.75) is 50.3 Å². The first-order chi connectivity index (χ1) is 12.4. The number of hydrogen-bond donors (Lipinski definition) is 3. The van der Waals surface area contributed by atoms with Crippen LogP contribution < -0.4 is 11.1 Å². The van der Waals surface area contributed by atoms with Gasteiger partial charge < -0.3 is 20.9 Å². The van der Waals surface area contributed by atoms with Gasteiger partial charge in [-0.25, -0.2) is 4.79 Å². The monoisotopic (exact) mass is 360 g/mol. The molecule has 2 fully saturated rings. The van der Waals surface area contributed by atoms with Gasteiger partial charge in [-0.2, -0.15) is 0 Å². The summed E-state index contributed by atoms with van der Waals surface area (Å²) in [6.07, 6.45) is 3.65. The van der Waals surface area contributed by atoms with Gasteiger partial charge in [-0.15, -0.1) is 0 Å². The Morgan fingerprint density at radius 2 is 1.92 bits per heavy atom. The highest BCUT2D eigenvalue weighted by Crippen LogP contribution is 2.46. The molecule has 1 amide bonds. The smallest absolute Gasteiger partial charge is 0.333 e. The molecule has 1 aromatic rings. The van der Waals surface area contributed by atoms with Crippen molar-refractivity contribution < 1.29 is 24.2 Å². The average Bonchev–Trinajstić information content (AvgIpc) is 3.22. The molecule has 4 N–H and O–H groups in total. The standard InChI is InChI=1S/C19H24N2O5/c20-14(10-16(22)23)18(24)21-17(12-4-2-1-3-5-12)19(25)26-15-9-11-6-7-13(15)8-11/h1-5,11,13-15,17H,6-10,20H2,(H,21,24)(H,22,23)/t11-,13?,14-,15+,17+/m0/s1. The molecule has 0 saturated heterocycles. The van der Waals surface area contributed by atoms with Crippen LogP contribution >= 0.6 is 0 Å². The number of rotatable bonds is 7. The Balaban J connectivity index is 1.70. The second-order valence-corrected chi connectivity index (χ2v) is 7.21. The van der Waals surface area contributed by atoms with E-state index in [2.05, 4.69) is 5.32 Å². The molecule has 1 aromatic carbocycles. The Labute approximate surface area is 151 Å². The van der Waals surface area contributed by atoms with Gasteiger partial charge in [-0.05, 0) is 43.1 Å². The summed E-state index contributed by atoms with van der Waals surface area (Å²) in [5.41, 5.74) is 6.19. The van der Waals surface area contributed by atoms with Gasteiger partial charge >= 0.3 is 11.9 Å². The molecule has 0 heterocycles. The Morgan fingerprint density at radius 3 is 2.50 bits per heavy atom. The molecule has 2 saturated carbocycles. The van der Waals surface area contributed by atoms with Crippen molar-refractivity contribution in [1.82, 2.24) is 5.32 Å². The summed E-state index contributed by atoms with van der Waals surface area (Å²) in [5, 5.41) is 11.3. The minimum Gasteiger partial charge on any atom is -0.481 e. The fourth-order valence-electron chi connectivity index (χ4n) is 4.00. The van der Waals surface area contributed by atoms with Gasteiger partial charge in [0.2, 0.25) is 5.91 Å². The number of carboxylic acid groups (broad SMARTS) is 1. The van der Waals surface area contributed by atoms with Gasteiger partial charge in [0, 0.05) is 0 Å². The molecular weight excluding hydrogens is 336 g/mol. The van der Waals surface area contributed by atoms with Crippen molar-refractivity contribution in [2.75, 3.05) is 0 Å². The number of hydrogen-bond acceptors (Lipinski definition) is 5. The normalized spacial score (nSPS) is 26.1. The minimum atomic E-state index is -1.23. The molecule has 2 aliphatic carbocycles. The maximum atomic E-state index is 12.8. The molecule has 5 atom stereocenters. The predicted molar refractivity (Wildman–Crippen MR) is 92.9 cm³/mol. The molecule has 0 spiro atoms. The lowest BCUT2D eigenvalue weighted by molar-refractivity contribution is -0.155. The third kappa shape index (κ3) is 4.22. The zero-order chi connectivity index (χ0) is 18.7. The van der Waals surface area contributed by atoms with E-state index in [1.54, 1.807) is 30.3 Å². The Kier molecular flexibility index (Phi) is 5.56. The summed E-state index contributed by atoms with van der Waals surface area (Å²) in [7, 11) is 0. The van der Waals surface area contributed by atoms with E-state index in [1.807, 2.05) is 0 Å². The van der Waals surface area contributed by atoms with Gasteiger partial charge in [0.05, 0.1) is 12.5 Å². The van der Waals surface area contributed by atoms with Crippen LogP contribution in [0.1, 0.15) is 43.7 Å². The molecule has 3 rings (SSSR count). The third-order valence-corrected chi connectivity index (χ3v) is 5.33. The lowest BCUT2D eigenvalue weighted by atomic mass is 9.97. The summed E-state index contributed by atoms with van der Waals surface area (Å²) >= 11 is 0. The average molecular weight is 360 g/mol. The summed E-state index contributed by atoms with van der Waals surface area (Å²) in [6.45, 7) is 0. The fourth-order valence-corrected chi connectivity index (χ4v) is 4.00. The molecule has 1 unspecified atom stereocenters. The second-order valence-electron chi connectivity index (χ2n) is 7.21. The molecule has 0 aromatic heterocycles. The van der Waals surface area contributed by atoms with Gasteiger partial charge in [0.15, 0.2) is 6.04 Å². The first-order valence-electron chi connectivity index (χ1n) is 8.97. The molecule has 2 aliphatic rings. The number of ether oxygens (including phenoxy) is 1. The van der Waals surface area contributed by atoms with Gasteiger partial charge in [0.1, 0.15) is 6.10 Å². The van der Waals surface area contributed by atoms with Crippen molar-refractivity contribution in [2.24, 2.45) is 17.6 Å². The molecule has 2 bridgehead atoms. The summed E-state index contributed by atoms with van der Waals surface area (Å²) in [6, 6.07) is 6.54. The highest BCUT2D eigenvalue weighted by atomic mass is 16.5. The van der Waals surface area contributed by atoms with Crippen molar-refractivity contribution in [3.8, 4) is 0 Å². The summed E-state index contributed by atoms with van der Waals surface area (Å²) in [5.74, 6) is -1.35. The van der Waals surface area contributed by atoms with E-state index in [0.29, 0.717) is 17.4 Å². The maximum absolute atomic E-state index is 12.8. The predicted octanol–water partition coefficient (Wildman–Crippen LogP) is 1.38. The summed E-state index contributed by atoms with van der Waals surface area (Å²) in [4.78, 5) is 35.7. The number of nitrogens with two attached hydrogens (primary N) is 1. The number of amides is 1. The van der Waals surface area contributed by atoms with Crippen LogP contribution in [0.3, 0.4) is 0 Å². The first-order valence-corrected chi connectivity index (χ1v) is 8.97. The molecule has 7 heteroatoms. The number of carboxylic acids is 1. The number of benzene rings is 1. The Bertz CT molecular complexity index is 678. The Morgan fingerprint density at radius 1 is 1.19 bits per heavy atom. The summed E-state index contributed by atoms with van der Waals surface area (Å²) < 4.78 is 5.71. The van der Waals surface area contributed by atoms with Crippen LogP contribution in [0.2, 0.25) is 0 Å². The molecule has 140 valence electrons. The zero-order valence-corrected chi connectivity index (χ0v) is 14.5. The van der Waals surface area contributed by atoms with Crippen LogP contribution in [-0.2, 0) is 19.1 Å². The molecule has 7 nitrogen and oxygen atoms in total. The maximum Gasteiger partial charge on any atom is 0.333 e. The lowest BCUT2D eigenvalue weighted by Gasteiger charge is -2.26. The molecule has 0 aliphatic heterocycles. The Hall–Kier alpha value is -2.41. The van der Waals surface area contributed by atoms with Crippen molar-refractivity contribution in [3.63, 3.8) is 0 Å². The van der Waals surface area contributed by atoms with Gasteiger partial charge in [-0.3, -0.25) is 9.59 Å². The van der Waals surface area contributed by atoms with E-state index in [9.17, 15) is 14.4 Å². The highest BCUT2D eigenvalue weighted by molar-refractivity contribution is 5.90. The van der Waals surface area contributed by atoms with Crippen molar-refractivity contribution >= 4 is 17.8 Å². The van der Waals surface area contributed by atoms with Crippen LogP contribution in [0.15, 0.2) is 30.3 Å². The lowest BCUT2D eigenvalue weighted by Crippen LogP contribution is -2.46. The van der Waals surface area contributed by atoms with Gasteiger partial charge in [-0.1, -0.05) is 30.3 Å². The molecular formula is C19H24N2O5. The van der Waals surface area contributed by atoms with Crippen LogP contribution in [0.25, 0.3) is 0 Å². The zero-order valence-electron chi connectivity index (χ0n) is 14.5. The van der Waals surface area contributed by atoms with E-state index < -0.39 is 36.4 Å². The van der Waals surface area contributed by atoms with Crippen LogP contribution in [0.5, 0.6) is 0 Å². The first kappa shape index (κ1) is 18.4. The van der Waals surface area contributed by atoms with E-state index in [1.165, 1.54) is 6.42 Å². The largest absolute Gasteiger partial charge is 0.481 e. The fraction of sp³-hybridized carbons (Fsp3) is 0.526. The number of aliphatic carboxylic acids is 1. The van der Waals surface area contributed by atoms with E-state index in [4.69, 9.17) is 15.6 Å². The minimum absolute atomic E-state index is 0.0999. The van der Waals surface area contributed by atoms with Crippen LogP contribution in [-0.4, -0.2) is 35.1 Å². The van der Waals surface area contributed by atoms with Crippen molar-refractivity contribution in [1.29, 1.82) is 0 Å². The topological polar surface area (TPSA) is 119 Å². The number of esters is 1. The number of carbonyl (C=O) groups is 3. The molecule has 0 radical (unpaired) electrons. The number of nitrogens with one attached hydrogen (secondary N) is 1. The molecule has 26 heavy (non-hydrogen) atoms.